The van der Waals surface area contributed by atoms with E-state index in [9.17, 15) is 9.59 Å². The second-order valence-corrected chi connectivity index (χ2v) is 4.75. The predicted molar refractivity (Wildman–Crippen MR) is 67.5 cm³/mol. The van der Waals surface area contributed by atoms with Crippen LogP contribution in [0.2, 0.25) is 0 Å². The number of carbonyl (C=O) groups is 2. The lowest BCUT2D eigenvalue weighted by molar-refractivity contribution is -0.138. The number of carboxylic acids is 1. The largest absolute Gasteiger partial charge is 0.481 e. The van der Waals surface area contributed by atoms with Crippen molar-refractivity contribution in [2.75, 3.05) is 6.54 Å². The monoisotopic (exact) mass is 255 g/mol. The van der Waals surface area contributed by atoms with Gasteiger partial charge in [0.25, 0.3) is 5.91 Å². The van der Waals surface area contributed by atoms with Crippen LogP contribution in [-0.2, 0) is 4.79 Å². The average Bonchev–Trinajstić information content (AvgIpc) is 2.64. The number of aliphatic carboxylic acids is 1. The molecule has 1 heterocycles. The van der Waals surface area contributed by atoms with Crippen molar-refractivity contribution >= 4 is 23.2 Å². The molecule has 0 radical (unpaired) electrons. The molecule has 4 nitrogen and oxygen atoms in total. The summed E-state index contributed by atoms with van der Waals surface area (Å²) >= 11 is 1.48. The maximum atomic E-state index is 12.2. The summed E-state index contributed by atoms with van der Waals surface area (Å²) in [6.45, 7) is 6.02. The molecular weight excluding hydrogens is 238 g/mol. The Morgan fingerprint density at radius 2 is 2.12 bits per heavy atom. The second kappa shape index (κ2) is 5.82. The molecule has 0 spiro atoms. The van der Waals surface area contributed by atoms with Crippen LogP contribution < -0.4 is 0 Å². The molecule has 1 N–H and O–H groups in total. The zero-order valence-corrected chi connectivity index (χ0v) is 11.1. The molecule has 0 aliphatic heterocycles. The Morgan fingerprint density at radius 3 is 2.53 bits per heavy atom. The van der Waals surface area contributed by atoms with Crippen LogP contribution in [-0.4, -0.2) is 34.5 Å². The minimum Gasteiger partial charge on any atom is -0.481 e. The fraction of sp³-hybridized carbons (Fsp3) is 0.500. The molecule has 0 aliphatic carbocycles. The van der Waals surface area contributed by atoms with Gasteiger partial charge in [0.2, 0.25) is 0 Å². The Kier molecular flexibility index (Phi) is 4.69. The standard InChI is InChI=1S/C12H17NO3S/c1-4-13(9(3)5-11(14)15)12(16)10-7-17-6-8(10)2/h6-7,9H,4-5H2,1-3H3,(H,14,15). The molecule has 5 heteroatoms. The fourth-order valence-corrected chi connectivity index (χ4v) is 2.57. The number of hydrogen-bond acceptors (Lipinski definition) is 3. The van der Waals surface area contributed by atoms with E-state index >= 15 is 0 Å². The molecule has 1 amide bonds. The second-order valence-electron chi connectivity index (χ2n) is 4.01. The van der Waals surface area contributed by atoms with Crippen LogP contribution in [0.5, 0.6) is 0 Å². The van der Waals surface area contributed by atoms with Crippen LogP contribution in [0.1, 0.15) is 36.2 Å². The van der Waals surface area contributed by atoms with Crippen molar-refractivity contribution in [1.29, 1.82) is 0 Å². The Bertz CT molecular complexity index is 414. The number of carboxylic acid groups (broad SMARTS) is 1. The third-order valence-corrected chi connectivity index (χ3v) is 3.55. The summed E-state index contributed by atoms with van der Waals surface area (Å²) in [4.78, 5) is 24.5. The van der Waals surface area contributed by atoms with Crippen molar-refractivity contribution < 1.29 is 14.7 Å². The minimum atomic E-state index is -0.884. The van der Waals surface area contributed by atoms with Gasteiger partial charge in [-0.15, -0.1) is 0 Å². The van der Waals surface area contributed by atoms with Crippen molar-refractivity contribution in [2.24, 2.45) is 0 Å². The number of aryl methyl sites for hydroxylation is 1. The van der Waals surface area contributed by atoms with E-state index in [2.05, 4.69) is 0 Å². The Morgan fingerprint density at radius 1 is 1.47 bits per heavy atom. The summed E-state index contributed by atoms with van der Waals surface area (Å²) in [5.74, 6) is -0.967. The van der Waals surface area contributed by atoms with E-state index in [4.69, 9.17) is 5.11 Å². The van der Waals surface area contributed by atoms with Crippen molar-refractivity contribution in [3.63, 3.8) is 0 Å². The highest BCUT2D eigenvalue weighted by Crippen LogP contribution is 2.18. The van der Waals surface area contributed by atoms with Gasteiger partial charge in [-0.3, -0.25) is 9.59 Å². The molecule has 17 heavy (non-hydrogen) atoms. The van der Waals surface area contributed by atoms with E-state index in [0.717, 1.165) is 5.56 Å². The minimum absolute atomic E-state index is 0.0250. The lowest BCUT2D eigenvalue weighted by atomic mass is 10.1. The molecule has 0 fully saturated rings. The van der Waals surface area contributed by atoms with E-state index in [1.165, 1.54) is 11.3 Å². The molecule has 0 aliphatic rings. The quantitative estimate of drug-likeness (QED) is 0.878. The van der Waals surface area contributed by atoms with Crippen molar-refractivity contribution in [3.8, 4) is 0 Å². The molecule has 1 aromatic heterocycles. The molecule has 0 saturated carbocycles. The lowest BCUT2D eigenvalue weighted by Crippen LogP contribution is -2.39. The first-order chi connectivity index (χ1) is 7.97. The number of amides is 1. The molecule has 1 rings (SSSR count). The first-order valence-electron chi connectivity index (χ1n) is 5.52. The van der Waals surface area contributed by atoms with Gasteiger partial charge in [0.15, 0.2) is 0 Å². The van der Waals surface area contributed by atoms with Gasteiger partial charge in [0.1, 0.15) is 0 Å². The van der Waals surface area contributed by atoms with Crippen LogP contribution >= 0.6 is 11.3 Å². The van der Waals surface area contributed by atoms with Gasteiger partial charge < -0.3 is 10.0 Å². The number of carbonyl (C=O) groups excluding carboxylic acids is 1. The number of hydrogen-bond donors (Lipinski definition) is 1. The number of nitrogens with zero attached hydrogens (tertiary/aromatic N) is 1. The molecule has 0 aromatic carbocycles. The Labute approximate surface area is 105 Å². The van der Waals surface area contributed by atoms with Crippen LogP contribution in [0, 0.1) is 6.92 Å². The molecule has 1 atom stereocenters. The summed E-state index contributed by atoms with van der Waals surface area (Å²) in [7, 11) is 0. The van der Waals surface area contributed by atoms with Crippen LogP contribution in [0.4, 0.5) is 0 Å². The zero-order valence-electron chi connectivity index (χ0n) is 10.3. The molecular formula is C12H17NO3S. The molecule has 1 unspecified atom stereocenters. The smallest absolute Gasteiger partial charge is 0.305 e. The normalized spacial score (nSPS) is 12.2. The highest BCUT2D eigenvalue weighted by Gasteiger charge is 2.23. The van der Waals surface area contributed by atoms with Crippen LogP contribution in [0.3, 0.4) is 0 Å². The van der Waals surface area contributed by atoms with Crippen LogP contribution in [0.25, 0.3) is 0 Å². The average molecular weight is 255 g/mol. The SMILES string of the molecule is CCN(C(=O)c1cscc1C)C(C)CC(=O)O. The first kappa shape index (κ1) is 13.7. The van der Waals surface area contributed by atoms with Crippen molar-refractivity contribution in [3.05, 3.63) is 21.9 Å². The maximum Gasteiger partial charge on any atom is 0.305 e. The summed E-state index contributed by atoms with van der Waals surface area (Å²) in [5.41, 5.74) is 1.62. The number of thiophene rings is 1. The van der Waals surface area contributed by atoms with Crippen molar-refractivity contribution in [2.45, 2.75) is 33.2 Å². The highest BCUT2D eigenvalue weighted by atomic mass is 32.1. The first-order valence-corrected chi connectivity index (χ1v) is 6.47. The van der Waals surface area contributed by atoms with Gasteiger partial charge >= 0.3 is 5.97 Å². The zero-order chi connectivity index (χ0) is 13.0. The van der Waals surface area contributed by atoms with E-state index in [-0.39, 0.29) is 18.4 Å². The van der Waals surface area contributed by atoms with Gasteiger partial charge in [0.05, 0.1) is 12.0 Å². The predicted octanol–water partition coefficient (Wildman–Crippen LogP) is 2.38. The summed E-state index contributed by atoms with van der Waals surface area (Å²) < 4.78 is 0. The molecule has 1 aromatic rings. The van der Waals surface area contributed by atoms with Gasteiger partial charge in [-0.1, -0.05) is 0 Å². The van der Waals surface area contributed by atoms with Crippen molar-refractivity contribution in [1.82, 2.24) is 4.90 Å². The van der Waals surface area contributed by atoms with E-state index < -0.39 is 5.97 Å². The fourth-order valence-electron chi connectivity index (χ4n) is 1.75. The molecule has 94 valence electrons. The van der Waals surface area contributed by atoms with Gasteiger partial charge in [0, 0.05) is 18.0 Å². The van der Waals surface area contributed by atoms with E-state index in [0.29, 0.717) is 12.1 Å². The lowest BCUT2D eigenvalue weighted by Gasteiger charge is -2.27. The number of rotatable bonds is 5. The third kappa shape index (κ3) is 3.30. The highest BCUT2D eigenvalue weighted by molar-refractivity contribution is 7.08. The van der Waals surface area contributed by atoms with Crippen LogP contribution in [0.15, 0.2) is 10.8 Å². The maximum absolute atomic E-state index is 12.2. The van der Waals surface area contributed by atoms with E-state index in [1.807, 2.05) is 24.6 Å². The topological polar surface area (TPSA) is 57.6 Å². The van der Waals surface area contributed by atoms with Gasteiger partial charge in [-0.05, 0) is 31.7 Å². The summed E-state index contributed by atoms with van der Waals surface area (Å²) in [6.07, 6.45) is -0.0250. The van der Waals surface area contributed by atoms with E-state index in [1.54, 1.807) is 11.8 Å². The van der Waals surface area contributed by atoms with Gasteiger partial charge in [-0.2, -0.15) is 11.3 Å². The summed E-state index contributed by atoms with van der Waals surface area (Å²) in [5, 5.41) is 12.5. The Hall–Kier alpha value is -1.36. The molecule has 0 bridgehead atoms. The third-order valence-electron chi connectivity index (χ3n) is 2.69. The van der Waals surface area contributed by atoms with Gasteiger partial charge in [-0.25, -0.2) is 0 Å². The molecule has 0 saturated heterocycles. The Balaban J connectivity index is 2.84. The summed E-state index contributed by atoms with van der Waals surface area (Å²) in [6, 6.07) is -0.288.